The highest BCUT2D eigenvalue weighted by atomic mass is 15.3. The number of likely N-dealkylation sites (N-methyl/N-ethyl adjacent to an activating group) is 2. The third-order valence-electron chi connectivity index (χ3n) is 2.51. The minimum Gasteiger partial charge on any atom is -0.341 e. The summed E-state index contributed by atoms with van der Waals surface area (Å²) in [6, 6.07) is 0. The average molecular weight is 210 g/mol. The molecule has 1 aromatic heterocycles. The molecule has 0 unspecified atom stereocenters. The molecule has 1 heterocycles. The number of nitrogens with one attached hydrogen (secondary N) is 1. The summed E-state index contributed by atoms with van der Waals surface area (Å²) < 4.78 is 2.18. The molecule has 0 bridgehead atoms. The van der Waals surface area contributed by atoms with Crippen LogP contribution in [0.15, 0.2) is 12.4 Å². The molecule has 0 fully saturated rings. The molecular weight excluding hydrogens is 188 g/mol. The van der Waals surface area contributed by atoms with Gasteiger partial charge in [0.15, 0.2) is 0 Å². The van der Waals surface area contributed by atoms with Crippen LogP contribution in [0.3, 0.4) is 0 Å². The molecule has 0 spiro atoms. The zero-order valence-corrected chi connectivity index (χ0v) is 10.0. The van der Waals surface area contributed by atoms with E-state index < -0.39 is 0 Å². The van der Waals surface area contributed by atoms with Crippen molar-refractivity contribution in [1.29, 1.82) is 0 Å². The number of anilines is 1. The molecule has 86 valence electrons. The van der Waals surface area contributed by atoms with Crippen LogP contribution in [-0.2, 0) is 6.54 Å². The summed E-state index contributed by atoms with van der Waals surface area (Å²) in [5.74, 6) is 1.08. The average Bonchev–Trinajstić information content (AvgIpc) is 2.72. The lowest BCUT2D eigenvalue weighted by molar-refractivity contribution is 0.654. The van der Waals surface area contributed by atoms with E-state index in [-0.39, 0.29) is 0 Å². The van der Waals surface area contributed by atoms with Gasteiger partial charge in [0.25, 0.3) is 0 Å². The number of hydrogen-bond donors (Lipinski definition) is 1. The summed E-state index contributed by atoms with van der Waals surface area (Å²) in [6.45, 7) is 11.5. The summed E-state index contributed by atoms with van der Waals surface area (Å²) >= 11 is 0. The van der Waals surface area contributed by atoms with Crippen molar-refractivity contribution in [2.75, 3.05) is 31.1 Å². The van der Waals surface area contributed by atoms with Crippen molar-refractivity contribution >= 4 is 5.95 Å². The molecular formula is C11H22N4. The van der Waals surface area contributed by atoms with Crippen LogP contribution >= 0.6 is 0 Å². The molecule has 0 amide bonds. The number of aromatic nitrogens is 2. The largest absolute Gasteiger partial charge is 0.341 e. The van der Waals surface area contributed by atoms with E-state index in [0.29, 0.717) is 0 Å². The first-order chi connectivity index (χ1) is 7.33. The Morgan fingerprint density at radius 2 is 2.20 bits per heavy atom. The van der Waals surface area contributed by atoms with Crippen molar-refractivity contribution in [3.63, 3.8) is 0 Å². The lowest BCUT2D eigenvalue weighted by Crippen LogP contribution is -2.33. The van der Waals surface area contributed by atoms with Crippen molar-refractivity contribution in [2.45, 2.75) is 27.3 Å². The maximum absolute atomic E-state index is 4.40. The molecule has 1 rings (SSSR count). The second-order valence-corrected chi connectivity index (χ2v) is 3.45. The number of rotatable bonds is 7. The molecule has 0 aromatic carbocycles. The van der Waals surface area contributed by atoms with Crippen LogP contribution in [0.4, 0.5) is 5.95 Å². The highest BCUT2D eigenvalue weighted by molar-refractivity contribution is 5.30. The van der Waals surface area contributed by atoms with E-state index >= 15 is 0 Å². The molecule has 4 nitrogen and oxygen atoms in total. The van der Waals surface area contributed by atoms with Gasteiger partial charge in [-0.3, -0.25) is 0 Å². The summed E-state index contributed by atoms with van der Waals surface area (Å²) in [6.07, 6.45) is 3.90. The fourth-order valence-electron chi connectivity index (χ4n) is 1.62. The monoisotopic (exact) mass is 210 g/mol. The lowest BCUT2D eigenvalue weighted by atomic mass is 10.5. The SMILES string of the molecule is CCNCCN(CC)c1nccn1CC. The van der Waals surface area contributed by atoms with Crippen LogP contribution in [0.25, 0.3) is 0 Å². The van der Waals surface area contributed by atoms with Gasteiger partial charge in [0.2, 0.25) is 5.95 Å². The van der Waals surface area contributed by atoms with E-state index in [1.807, 2.05) is 12.4 Å². The maximum Gasteiger partial charge on any atom is 0.205 e. The number of nitrogens with zero attached hydrogens (tertiary/aromatic N) is 3. The van der Waals surface area contributed by atoms with Crippen LogP contribution in [0.5, 0.6) is 0 Å². The van der Waals surface area contributed by atoms with Gasteiger partial charge in [-0.15, -0.1) is 0 Å². The highest BCUT2D eigenvalue weighted by Crippen LogP contribution is 2.10. The van der Waals surface area contributed by atoms with Crippen molar-refractivity contribution in [3.8, 4) is 0 Å². The standard InChI is InChI=1S/C11H22N4/c1-4-12-7-9-14(5-2)11-13-8-10-15(11)6-3/h8,10,12H,4-7,9H2,1-3H3. The van der Waals surface area contributed by atoms with E-state index in [2.05, 4.69) is 40.5 Å². The molecule has 1 aromatic rings. The van der Waals surface area contributed by atoms with Crippen LogP contribution in [-0.4, -0.2) is 35.7 Å². The van der Waals surface area contributed by atoms with Gasteiger partial charge in [0.05, 0.1) is 0 Å². The zero-order valence-electron chi connectivity index (χ0n) is 10.0. The molecule has 0 saturated heterocycles. The Labute approximate surface area is 92.3 Å². The molecule has 0 aliphatic rings. The number of imidazole rings is 1. The molecule has 4 heteroatoms. The van der Waals surface area contributed by atoms with Gasteiger partial charge in [-0.25, -0.2) is 4.98 Å². The van der Waals surface area contributed by atoms with Crippen LogP contribution in [0.1, 0.15) is 20.8 Å². The smallest absolute Gasteiger partial charge is 0.205 e. The van der Waals surface area contributed by atoms with Crippen molar-refractivity contribution in [3.05, 3.63) is 12.4 Å². The molecule has 0 radical (unpaired) electrons. The first-order valence-electron chi connectivity index (χ1n) is 5.80. The lowest BCUT2D eigenvalue weighted by Gasteiger charge is -2.22. The predicted molar refractivity (Wildman–Crippen MR) is 64.3 cm³/mol. The normalized spacial score (nSPS) is 10.6. The summed E-state index contributed by atoms with van der Waals surface area (Å²) in [7, 11) is 0. The highest BCUT2D eigenvalue weighted by Gasteiger charge is 2.08. The van der Waals surface area contributed by atoms with E-state index in [0.717, 1.165) is 38.7 Å². The maximum atomic E-state index is 4.40. The summed E-state index contributed by atoms with van der Waals surface area (Å²) in [5, 5.41) is 3.33. The fourth-order valence-corrected chi connectivity index (χ4v) is 1.62. The van der Waals surface area contributed by atoms with Gasteiger partial charge in [-0.2, -0.15) is 0 Å². The number of hydrogen-bond acceptors (Lipinski definition) is 3. The van der Waals surface area contributed by atoms with E-state index in [1.54, 1.807) is 0 Å². The molecule has 0 saturated carbocycles. The van der Waals surface area contributed by atoms with Gasteiger partial charge in [-0.05, 0) is 20.4 Å². The molecule has 1 N–H and O–H groups in total. The van der Waals surface area contributed by atoms with Crippen LogP contribution in [0.2, 0.25) is 0 Å². The van der Waals surface area contributed by atoms with Crippen molar-refractivity contribution in [2.24, 2.45) is 0 Å². The van der Waals surface area contributed by atoms with Gasteiger partial charge in [0, 0.05) is 38.6 Å². The minimum atomic E-state index is 0.979. The van der Waals surface area contributed by atoms with Crippen molar-refractivity contribution in [1.82, 2.24) is 14.9 Å². The van der Waals surface area contributed by atoms with Gasteiger partial charge >= 0.3 is 0 Å². The van der Waals surface area contributed by atoms with E-state index in [1.165, 1.54) is 0 Å². The number of aryl methyl sites for hydroxylation is 1. The summed E-state index contributed by atoms with van der Waals surface area (Å²) in [5.41, 5.74) is 0. The Bertz CT molecular complexity index is 269. The molecule has 0 aliphatic heterocycles. The fraction of sp³-hybridized carbons (Fsp3) is 0.727. The van der Waals surface area contributed by atoms with Crippen molar-refractivity contribution < 1.29 is 0 Å². The second-order valence-electron chi connectivity index (χ2n) is 3.45. The molecule has 15 heavy (non-hydrogen) atoms. The first kappa shape index (κ1) is 12.0. The van der Waals surface area contributed by atoms with Gasteiger partial charge in [-0.1, -0.05) is 6.92 Å². The first-order valence-corrected chi connectivity index (χ1v) is 5.80. The van der Waals surface area contributed by atoms with Gasteiger partial charge < -0.3 is 14.8 Å². The predicted octanol–water partition coefficient (Wildman–Crippen LogP) is 1.34. The van der Waals surface area contributed by atoms with E-state index in [9.17, 15) is 0 Å². The van der Waals surface area contributed by atoms with E-state index in [4.69, 9.17) is 0 Å². The summed E-state index contributed by atoms with van der Waals surface area (Å²) in [4.78, 5) is 6.70. The Morgan fingerprint density at radius 3 is 2.80 bits per heavy atom. The Balaban J connectivity index is 2.57. The third-order valence-corrected chi connectivity index (χ3v) is 2.51. The second kappa shape index (κ2) is 6.45. The third kappa shape index (κ3) is 3.23. The van der Waals surface area contributed by atoms with Gasteiger partial charge in [0.1, 0.15) is 0 Å². The molecule has 0 atom stereocenters. The Kier molecular flexibility index (Phi) is 5.18. The van der Waals surface area contributed by atoms with Crippen LogP contribution < -0.4 is 10.2 Å². The minimum absolute atomic E-state index is 0.979. The Morgan fingerprint density at radius 1 is 1.40 bits per heavy atom. The molecule has 0 aliphatic carbocycles. The van der Waals surface area contributed by atoms with Crippen LogP contribution in [0, 0.1) is 0 Å². The zero-order chi connectivity index (χ0) is 11.1. The topological polar surface area (TPSA) is 33.1 Å². The Hall–Kier alpha value is -1.03. The quantitative estimate of drug-likeness (QED) is 0.689.